The summed E-state index contributed by atoms with van der Waals surface area (Å²) in [5, 5.41) is 5.78. The lowest BCUT2D eigenvalue weighted by molar-refractivity contribution is -0.126. The average Bonchev–Trinajstić information content (AvgIpc) is 2.13. The van der Waals surface area contributed by atoms with Gasteiger partial charge in [-0.2, -0.15) is 0 Å². The van der Waals surface area contributed by atoms with Crippen molar-refractivity contribution in [1.82, 2.24) is 10.6 Å². The highest BCUT2D eigenvalue weighted by Crippen LogP contribution is 2.01. The van der Waals surface area contributed by atoms with Crippen molar-refractivity contribution in [2.45, 2.75) is 6.04 Å². The number of halogens is 1. The van der Waals surface area contributed by atoms with Gasteiger partial charge in [-0.05, 0) is 11.6 Å². The van der Waals surface area contributed by atoms with Gasteiger partial charge in [0.25, 0.3) is 0 Å². The van der Waals surface area contributed by atoms with Gasteiger partial charge < -0.3 is 15.4 Å². The summed E-state index contributed by atoms with van der Waals surface area (Å²) in [7, 11) is 0. The molecule has 14 heavy (non-hydrogen) atoms. The number of hydrogen-bond donors (Lipinski definition) is 2. The van der Waals surface area contributed by atoms with Crippen molar-refractivity contribution >= 4 is 28.6 Å². The number of ether oxygens (including phenoxy) is 1. The Morgan fingerprint density at radius 2 is 2.36 bits per heavy atom. The highest BCUT2D eigenvalue weighted by molar-refractivity contribution is 6.66. The van der Waals surface area contributed by atoms with Gasteiger partial charge >= 0.3 is 0 Å². The summed E-state index contributed by atoms with van der Waals surface area (Å²) in [6, 6.07) is -0.214. The molecule has 7 heteroatoms. The van der Waals surface area contributed by atoms with Crippen LogP contribution in [0.4, 0.5) is 0 Å². The Kier molecular flexibility index (Phi) is 2.64. The number of amidine groups is 2. The number of amides is 1. The monoisotopic (exact) mass is 216 g/mol. The van der Waals surface area contributed by atoms with Crippen molar-refractivity contribution in [3.63, 3.8) is 0 Å². The van der Waals surface area contributed by atoms with Crippen LogP contribution >= 0.6 is 11.6 Å². The Labute approximate surface area is 85.4 Å². The molecule has 0 saturated carbocycles. The second kappa shape index (κ2) is 3.93. The van der Waals surface area contributed by atoms with Gasteiger partial charge in [0.05, 0.1) is 6.54 Å². The largest absolute Gasteiger partial charge is 0.349 e. The van der Waals surface area contributed by atoms with Crippen LogP contribution in [-0.4, -0.2) is 43.0 Å². The predicted octanol–water partition coefficient (Wildman–Crippen LogP) is -0.945. The molecule has 2 N–H and O–H groups in total. The van der Waals surface area contributed by atoms with E-state index in [1.165, 1.54) is 0 Å². The van der Waals surface area contributed by atoms with Crippen LogP contribution in [0.25, 0.3) is 0 Å². The summed E-state index contributed by atoms with van der Waals surface area (Å²) in [5.74, 6) is 0.426. The zero-order valence-electron chi connectivity index (χ0n) is 7.29. The van der Waals surface area contributed by atoms with E-state index in [1.807, 2.05) is 0 Å². The van der Waals surface area contributed by atoms with Gasteiger partial charge in [0.2, 0.25) is 5.91 Å². The van der Waals surface area contributed by atoms with E-state index < -0.39 is 0 Å². The summed E-state index contributed by atoms with van der Waals surface area (Å²) in [5.41, 5.74) is 0. The van der Waals surface area contributed by atoms with Crippen LogP contribution in [0.1, 0.15) is 0 Å². The van der Waals surface area contributed by atoms with Gasteiger partial charge in [-0.1, -0.05) is 0 Å². The fourth-order valence-corrected chi connectivity index (χ4v) is 1.41. The molecule has 1 amide bonds. The number of aliphatic imine (C=N–C) groups is 2. The molecule has 6 nitrogen and oxygen atoms in total. The Bertz CT molecular complexity index is 315. The molecule has 0 bridgehead atoms. The van der Waals surface area contributed by atoms with Gasteiger partial charge in [0.1, 0.15) is 25.2 Å². The van der Waals surface area contributed by atoms with Crippen LogP contribution in [0.5, 0.6) is 0 Å². The minimum Gasteiger partial charge on any atom is -0.349 e. The van der Waals surface area contributed by atoms with E-state index >= 15 is 0 Å². The fraction of sp³-hybridized carbons (Fsp3) is 0.571. The minimum absolute atomic E-state index is 0.0325. The molecule has 2 aliphatic heterocycles. The number of carbonyl (C=O) groups is 1. The highest BCUT2D eigenvalue weighted by atomic mass is 35.5. The second-order valence-corrected chi connectivity index (χ2v) is 3.26. The van der Waals surface area contributed by atoms with Crippen LogP contribution in [-0.2, 0) is 9.53 Å². The summed E-state index contributed by atoms with van der Waals surface area (Å²) >= 11 is 5.67. The molecule has 0 radical (unpaired) electrons. The summed E-state index contributed by atoms with van der Waals surface area (Å²) < 4.78 is 4.95. The first-order valence-electron chi connectivity index (χ1n) is 4.14. The molecule has 76 valence electrons. The van der Waals surface area contributed by atoms with Crippen LogP contribution in [0.3, 0.4) is 0 Å². The predicted molar refractivity (Wildman–Crippen MR) is 51.5 cm³/mol. The molecule has 2 aliphatic rings. The molecule has 0 aliphatic carbocycles. The van der Waals surface area contributed by atoms with Crippen molar-refractivity contribution in [1.29, 1.82) is 0 Å². The molecule has 0 aromatic carbocycles. The van der Waals surface area contributed by atoms with Crippen LogP contribution in [0.15, 0.2) is 9.98 Å². The Morgan fingerprint density at radius 1 is 1.50 bits per heavy atom. The molecular weight excluding hydrogens is 208 g/mol. The van der Waals surface area contributed by atoms with Crippen LogP contribution in [0, 0.1) is 0 Å². The van der Waals surface area contributed by atoms with E-state index in [9.17, 15) is 4.79 Å². The third kappa shape index (κ3) is 2.02. The first-order chi connectivity index (χ1) is 6.75. The van der Waals surface area contributed by atoms with Crippen molar-refractivity contribution in [2.24, 2.45) is 9.98 Å². The Morgan fingerprint density at radius 3 is 3.21 bits per heavy atom. The lowest BCUT2D eigenvalue weighted by Crippen LogP contribution is -2.54. The molecule has 2 heterocycles. The van der Waals surface area contributed by atoms with Crippen molar-refractivity contribution in [3.8, 4) is 0 Å². The molecule has 0 spiro atoms. The number of rotatable bonds is 0. The zero-order valence-corrected chi connectivity index (χ0v) is 8.04. The van der Waals surface area contributed by atoms with E-state index in [2.05, 4.69) is 20.6 Å². The fourth-order valence-electron chi connectivity index (χ4n) is 1.24. The van der Waals surface area contributed by atoms with Crippen LogP contribution < -0.4 is 10.6 Å². The SMILES string of the molecule is O=C1COCN=C2NC(Cl)=NCC2N1. The lowest BCUT2D eigenvalue weighted by atomic mass is 10.2. The van der Waals surface area contributed by atoms with E-state index in [4.69, 9.17) is 16.3 Å². The van der Waals surface area contributed by atoms with Gasteiger partial charge in [-0.25, -0.2) is 4.99 Å². The second-order valence-electron chi connectivity index (χ2n) is 2.90. The first kappa shape index (κ1) is 9.42. The number of nitrogens with one attached hydrogen (secondary N) is 2. The smallest absolute Gasteiger partial charge is 0.246 e. The van der Waals surface area contributed by atoms with E-state index in [0.717, 1.165) is 0 Å². The Hall–Kier alpha value is -1.14. The maximum Gasteiger partial charge on any atom is 0.246 e. The lowest BCUT2D eigenvalue weighted by Gasteiger charge is -2.25. The first-order valence-corrected chi connectivity index (χ1v) is 4.52. The van der Waals surface area contributed by atoms with E-state index in [-0.39, 0.29) is 30.6 Å². The number of nitrogens with zero attached hydrogens (tertiary/aromatic N) is 2. The normalized spacial score (nSPS) is 27.2. The van der Waals surface area contributed by atoms with Gasteiger partial charge in [0, 0.05) is 0 Å². The number of fused-ring (bicyclic) bond motifs is 1. The summed E-state index contributed by atoms with van der Waals surface area (Å²) in [4.78, 5) is 19.2. The van der Waals surface area contributed by atoms with Gasteiger partial charge in [-0.15, -0.1) is 0 Å². The molecule has 1 unspecified atom stereocenters. The van der Waals surface area contributed by atoms with Crippen molar-refractivity contribution in [3.05, 3.63) is 0 Å². The van der Waals surface area contributed by atoms with Crippen LogP contribution in [0.2, 0.25) is 0 Å². The average molecular weight is 217 g/mol. The van der Waals surface area contributed by atoms with Crippen molar-refractivity contribution in [2.75, 3.05) is 19.9 Å². The van der Waals surface area contributed by atoms with E-state index in [1.54, 1.807) is 0 Å². The van der Waals surface area contributed by atoms with Gasteiger partial charge in [-0.3, -0.25) is 9.79 Å². The molecule has 0 saturated heterocycles. The summed E-state index contributed by atoms with van der Waals surface area (Å²) in [6.07, 6.45) is 0. The van der Waals surface area contributed by atoms with Gasteiger partial charge in [0.15, 0.2) is 5.29 Å². The Balaban J connectivity index is 2.17. The standard InChI is InChI=1S/C7H9ClN4O2/c8-7-9-1-4-6(12-7)10-3-14-2-5(13)11-4/h4H,1-3H2,(H,11,13)(H,9,10,12). The zero-order chi connectivity index (χ0) is 9.97. The van der Waals surface area contributed by atoms with Crippen molar-refractivity contribution < 1.29 is 9.53 Å². The molecule has 0 aromatic rings. The third-order valence-electron chi connectivity index (χ3n) is 1.87. The topological polar surface area (TPSA) is 75.1 Å². The summed E-state index contributed by atoms with van der Waals surface area (Å²) in [6.45, 7) is 0.609. The molecule has 0 fully saturated rings. The molecule has 0 aromatic heterocycles. The minimum atomic E-state index is -0.214. The molecular formula is C7H9ClN4O2. The molecule has 1 atom stereocenters. The number of carbonyl (C=O) groups excluding carboxylic acids is 1. The van der Waals surface area contributed by atoms with E-state index in [0.29, 0.717) is 12.4 Å². The maximum absolute atomic E-state index is 11.2. The third-order valence-corrected chi connectivity index (χ3v) is 2.08. The highest BCUT2D eigenvalue weighted by Gasteiger charge is 2.24. The molecule has 2 rings (SSSR count). The maximum atomic E-state index is 11.2. The number of hydrogen-bond acceptors (Lipinski definition) is 5. The quantitative estimate of drug-likeness (QED) is 0.513.